The van der Waals surface area contributed by atoms with Gasteiger partial charge in [-0.25, -0.2) is 0 Å². The van der Waals surface area contributed by atoms with Gasteiger partial charge in [0.25, 0.3) is 0 Å². The number of pyridine rings is 1. The third-order valence-corrected chi connectivity index (χ3v) is 2.90. The molecule has 1 heterocycles. The summed E-state index contributed by atoms with van der Waals surface area (Å²) in [6.07, 6.45) is 5.51. The Morgan fingerprint density at radius 1 is 1.24 bits per heavy atom. The first kappa shape index (κ1) is 11.7. The number of unbranched alkanes of at least 4 members (excludes halogenated alkanes) is 2. The molecule has 0 amide bonds. The van der Waals surface area contributed by atoms with E-state index in [4.69, 9.17) is 5.73 Å². The van der Waals surface area contributed by atoms with E-state index in [0.717, 1.165) is 28.8 Å². The quantitative estimate of drug-likeness (QED) is 0.610. The summed E-state index contributed by atoms with van der Waals surface area (Å²) in [5.41, 5.74) is 8.65. The monoisotopic (exact) mass is 229 g/mol. The molecule has 3 heteroatoms. The fourth-order valence-corrected chi connectivity index (χ4v) is 1.95. The number of nitrogens with two attached hydrogens (primary N) is 1. The van der Waals surface area contributed by atoms with Crippen molar-refractivity contribution in [2.75, 3.05) is 17.6 Å². The summed E-state index contributed by atoms with van der Waals surface area (Å²) in [5, 5.41) is 4.56. The van der Waals surface area contributed by atoms with Gasteiger partial charge in [0.15, 0.2) is 0 Å². The summed E-state index contributed by atoms with van der Waals surface area (Å²) in [5.74, 6) is 0. The highest BCUT2D eigenvalue weighted by Gasteiger charge is 2.03. The number of aromatic nitrogens is 1. The Hall–Kier alpha value is -1.77. The van der Waals surface area contributed by atoms with Gasteiger partial charge in [-0.3, -0.25) is 4.98 Å². The van der Waals surface area contributed by atoms with Gasteiger partial charge in [0.1, 0.15) is 0 Å². The molecule has 0 saturated carbocycles. The molecule has 2 rings (SSSR count). The Labute approximate surface area is 102 Å². The molecule has 0 radical (unpaired) electrons. The Balaban J connectivity index is 2.19. The van der Waals surface area contributed by atoms with Crippen molar-refractivity contribution in [3.05, 3.63) is 30.5 Å². The van der Waals surface area contributed by atoms with Crippen LogP contribution < -0.4 is 11.1 Å². The van der Waals surface area contributed by atoms with Crippen LogP contribution in [0.15, 0.2) is 30.5 Å². The van der Waals surface area contributed by atoms with Crippen molar-refractivity contribution in [3.63, 3.8) is 0 Å². The average Bonchev–Trinajstić information content (AvgIpc) is 2.36. The summed E-state index contributed by atoms with van der Waals surface area (Å²) in [4.78, 5) is 4.32. The lowest BCUT2D eigenvalue weighted by molar-refractivity contribution is 0.744. The van der Waals surface area contributed by atoms with Crippen LogP contribution in [-0.4, -0.2) is 11.5 Å². The van der Waals surface area contributed by atoms with E-state index < -0.39 is 0 Å². The van der Waals surface area contributed by atoms with Gasteiger partial charge in [-0.2, -0.15) is 0 Å². The SMILES string of the molecule is CCCCCNc1ccnc2c(N)cccc12. The van der Waals surface area contributed by atoms with Gasteiger partial charge < -0.3 is 11.1 Å². The van der Waals surface area contributed by atoms with Gasteiger partial charge in [-0.05, 0) is 18.6 Å². The number of fused-ring (bicyclic) bond motifs is 1. The first-order valence-electron chi connectivity index (χ1n) is 6.20. The van der Waals surface area contributed by atoms with Crippen molar-refractivity contribution in [1.29, 1.82) is 0 Å². The van der Waals surface area contributed by atoms with Crippen LogP contribution in [0.3, 0.4) is 0 Å². The fourth-order valence-electron chi connectivity index (χ4n) is 1.95. The second-order valence-corrected chi connectivity index (χ2v) is 4.24. The topological polar surface area (TPSA) is 50.9 Å². The average molecular weight is 229 g/mol. The van der Waals surface area contributed by atoms with E-state index in [1.807, 2.05) is 18.2 Å². The molecule has 1 aromatic heterocycles. The van der Waals surface area contributed by atoms with Crippen molar-refractivity contribution < 1.29 is 0 Å². The lowest BCUT2D eigenvalue weighted by Crippen LogP contribution is -2.02. The zero-order valence-electron chi connectivity index (χ0n) is 10.2. The van der Waals surface area contributed by atoms with Crippen LogP contribution in [0.1, 0.15) is 26.2 Å². The van der Waals surface area contributed by atoms with E-state index in [0.29, 0.717) is 0 Å². The Morgan fingerprint density at radius 3 is 2.94 bits per heavy atom. The number of rotatable bonds is 5. The zero-order chi connectivity index (χ0) is 12.1. The van der Waals surface area contributed by atoms with Crippen molar-refractivity contribution in [2.45, 2.75) is 26.2 Å². The minimum atomic E-state index is 0.736. The van der Waals surface area contributed by atoms with E-state index in [1.165, 1.54) is 19.3 Å². The standard InChI is InChI=1S/C14H19N3/c1-2-3-4-9-16-13-8-10-17-14-11(13)6-5-7-12(14)15/h5-8,10H,2-4,9,15H2,1H3,(H,16,17). The lowest BCUT2D eigenvalue weighted by atomic mass is 10.1. The lowest BCUT2D eigenvalue weighted by Gasteiger charge is -2.09. The van der Waals surface area contributed by atoms with Crippen molar-refractivity contribution >= 4 is 22.3 Å². The third kappa shape index (κ3) is 2.67. The number of nitrogens with zero attached hydrogens (tertiary/aromatic N) is 1. The molecule has 90 valence electrons. The Bertz CT molecular complexity index is 494. The highest BCUT2D eigenvalue weighted by molar-refractivity contribution is 5.97. The van der Waals surface area contributed by atoms with Crippen LogP contribution in [0.2, 0.25) is 0 Å². The number of nitrogens with one attached hydrogen (secondary N) is 1. The van der Waals surface area contributed by atoms with Crippen molar-refractivity contribution in [1.82, 2.24) is 4.98 Å². The maximum absolute atomic E-state index is 5.91. The van der Waals surface area contributed by atoms with Gasteiger partial charge in [0.05, 0.1) is 11.2 Å². The zero-order valence-corrected chi connectivity index (χ0v) is 10.2. The number of hydrogen-bond acceptors (Lipinski definition) is 3. The van der Waals surface area contributed by atoms with Gasteiger partial charge in [-0.1, -0.05) is 31.9 Å². The molecule has 0 aliphatic carbocycles. The van der Waals surface area contributed by atoms with Crippen molar-refractivity contribution in [2.24, 2.45) is 0 Å². The minimum absolute atomic E-state index is 0.736. The van der Waals surface area contributed by atoms with Crippen LogP contribution in [0, 0.1) is 0 Å². The summed E-state index contributed by atoms with van der Waals surface area (Å²) in [7, 11) is 0. The Kier molecular flexibility index (Phi) is 3.81. The summed E-state index contributed by atoms with van der Waals surface area (Å²) < 4.78 is 0. The van der Waals surface area contributed by atoms with Crippen LogP contribution >= 0.6 is 0 Å². The normalized spacial score (nSPS) is 10.6. The highest BCUT2D eigenvalue weighted by atomic mass is 14.9. The molecule has 0 saturated heterocycles. The first-order valence-corrected chi connectivity index (χ1v) is 6.20. The minimum Gasteiger partial charge on any atom is -0.397 e. The fraction of sp³-hybridized carbons (Fsp3) is 0.357. The predicted molar refractivity (Wildman–Crippen MR) is 74.2 cm³/mol. The third-order valence-electron chi connectivity index (χ3n) is 2.90. The van der Waals surface area contributed by atoms with Crippen LogP contribution in [-0.2, 0) is 0 Å². The molecule has 17 heavy (non-hydrogen) atoms. The largest absolute Gasteiger partial charge is 0.397 e. The van der Waals surface area contributed by atoms with Gasteiger partial charge in [0.2, 0.25) is 0 Å². The van der Waals surface area contributed by atoms with E-state index in [1.54, 1.807) is 6.20 Å². The second kappa shape index (κ2) is 5.53. The van der Waals surface area contributed by atoms with Crippen LogP contribution in [0.25, 0.3) is 10.9 Å². The van der Waals surface area contributed by atoms with Gasteiger partial charge in [0, 0.05) is 23.8 Å². The van der Waals surface area contributed by atoms with Crippen LogP contribution in [0.5, 0.6) is 0 Å². The Morgan fingerprint density at radius 2 is 2.12 bits per heavy atom. The molecule has 0 atom stereocenters. The molecule has 2 aromatic rings. The molecule has 0 aliphatic rings. The number of nitrogen functional groups attached to an aromatic ring is 1. The predicted octanol–water partition coefficient (Wildman–Crippen LogP) is 3.42. The molecule has 0 bridgehead atoms. The molecule has 3 nitrogen and oxygen atoms in total. The number of benzene rings is 1. The second-order valence-electron chi connectivity index (χ2n) is 4.24. The van der Waals surface area contributed by atoms with Crippen LogP contribution in [0.4, 0.5) is 11.4 Å². The molecule has 0 spiro atoms. The molecular formula is C14H19N3. The molecule has 0 unspecified atom stereocenters. The smallest absolute Gasteiger partial charge is 0.0951 e. The van der Waals surface area contributed by atoms with E-state index in [-0.39, 0.29) is 0 Å². The van der Waals surface area contributed by atoms with E-state index in [2.05, 4.69) is 23.3 Å². The highest BCUT2D eigenvalue weighted by Crippen LogP contribution is 2.25. The number of hydrogen-bond donors (Lipinski definition) is 2. The molecule has 3 N–H and O–H groups in total. The number of para-hydroxylation sites is 1. The maximum atomic E-state index is 5.91. The van der Waals surface area contributed by atoms with Gasteiger partial charge >= 0.3 is 0 Å². The summed E-state index contributed by atoms with van der Waals surface area (Å²) in [6, 6.07) is 7.92. The van der Waals surface area contributed by atoms with E-state index in [9.17, 15) is 0 Å². The summed E-state index contributed by atoms with van der Waals surface area (Å²) in [6.45, 7) is 3.21. The maximum Gasteiger partial charge on any atom is 0.0951 e. The first-order chi connectivity index (χ1) is 8.33. The van der Waals surface area contributed by atoms with Crippen molar-refractivity contribution in [3.8, 4) is 0 Å². The van der Waals surface area contributed by atoms with E-state index >= 15 is 0 Å². The molecule has 1 aromatic carbocycles. The number of anilines is 2. The molecular weight excluding hydrogens is 210 g/mol. The molecule has 0 aliphatic heterocycles. The molecule has 0 fully saturated rings. The van der Waals surface area contributed by atoms with Gasteiger partial charge in [-0.15, -0.1) is 0 Å². The summed E-state index contributed by atoms with van der Waals surface area (Å²) >= 11 is 0.